The lowest BCUT2D eigenvalue weighted by atomic mass is 9.99. The Kier molecular flexibility index (Phi) is 5.35. The molecular weight excluding hydrogens is 346 g/mol. The molecule has 25 heavy (non-hydrogen) atoms. The molecule has 0 atom stereocenters. The highest BCUT2D eigenvalue weighted by atomic mass is 35.5. The Morgan fingerprint density at radius 3 is 2.08 bits per heavy atom. The SMILES string of the molecule is O=C(CC(F)(F)c1ccc(-c2ccc(Cl)cc2)cc1)N1CCNCC1. The number of hydrogen-bond acceptors (Lipinski definition) is 2. The summed E-state index contributed by atoms with van der Waals surface area (Å²) in [6.07, 6.45) is -0.798. The van der Waals surface area contributed by atoms with Crippen molar-refractivity contribution in [2.75, 3.05) is 26.2 Å². The van der Waals surface area contributed by atoms with Crippen molar-refractivity contribution in [1.82, 2.24) is 10.2 Å². The summed E-state index contributed by atoms with van der Waals surface area (Å²) in [6, 6.07) is 13.2. The van der Waals surface area contributed by atoms with Crippen molar-refractivity contribution in [3.8, 4) is 11.1 Å². The number of piperazine rings is 1. The van der Waals surface area contributed by atoms with E-state index in [0.717, 1.165) is 11.1 Å². The number of benzene rings is 2. The van der Waals surface area contributed by atoms with Gasteiger partial charge in [0.2, 0.25) is 5.91 Å². The molecule has 132 valence electrons. The van der Waals surface area contributed by atoms with Gasteiger partial charge in [0.15, 0.2) is 0 Å². The van der Waals surface area contributed by atoms with E-state index in [9.17, 15) is 13.6 Å². The lowest BCUT2D eigenvalue weighted by Crippen LogP contribution is -2.47. The summed E-state index contributed by atoms with van der Waals surface area (Å²) in [5.74, 6) is -3.69. The lowest BCUT2D eigenvalue weighted by molar-refractivity contribution is -0.140. The Balaban J connectivity index is 1.71. The minimum Gasteiger partial charge on any atom is -0.340 e. The Bertz CT molecular complexity index is 726. The van der Waals surface area contributed by atoms with Gasteiger partial charge in [-0.15, -0.1) is 0 Å². The first-order chi connectivity index (χ1) is 12.0. The Hall–Kier alpha value is -1.98. The van der Waals surface area contributed by atoms with Crippen molar-refractivity contribution >= 4 is 17.5 Å². The first kappa shape index (κ1) is 17.8. The van der Waals surface area contributed by atoms with Crippen molar-refractivity contribution in [1.29, 1.82) is 0 Å². The van der Waals surface area contributed by atoms with Crippen molar-refractivity contribution < 1.29 is 13.6 Å². The van der Waals surface area contributed by atoms with Gasteiger partial charge in [0.25, 0.3) is 5.92 Å². The molecule has 2 aromatic rings. The van der Waals surface area contributed by atoms with E-state index in [-0.39, 0.29) is 5.56 Å². The number of nitrogens with zero attached hydrogens (tertiary/aromatic N) is 1. The van der Waals surface area contributed by atoms with Gasteiger partial charge in [0.1, 0.15) is 0 Å². The monoisotopic (exact) mass is 364 g/mol. The highest BCUT2D eigenvalue weighted by molar-refractivity contribution is 6.30. The highest BCUT2D eigenvalue weighted by Crippen LogP contribution is 2.34. The molecule has 0 saturated carbocycles. The van der Waals surface area contributed by atoms with Gasteiger partial charge in [-0.3, -0.25) is 4.79 Å². The fourth-order valence-electron chi connectivity index (χ4n) is 2.87. The van der Waals surface area contributed by atoms with Crippen molar-refractivity contribution in [3.05, 3.63) is 59.1 Å². The number of alkyl halides is 2. The lowest BCUT2D eigenvalue weighted by Gasteiger charge is -2.29. The summed E-state index contributed by atoms with van der Waals surface area (Å²) < 4.78 is 28.9. The second-order valence-corrected chi connectivity index (χ2v) is 6.53. The van der Waals surface area contributed by atoms with Gasteiger partial charge in [-0.05, 0) is 23.3 Å². The quantitative estimate of drug-likeness (QED) is 0.891. The molecule has 2 aromatic carbocycles. The largest absolute Gasteiger partial charge is 0.340 e. The Labute approximate surface area is 150 Å². The molecule has 0 unspecified atom stereocenters. The number of rotatable bonds is 4. The van der Waals surface area contributed by atoms with Crippen LogP contribution in [-0.2, 0) is 10.7 Å². The van der Waals surface area contributed by atoms with Gasteiger partial charge in [-0.1, -0.05) is 48.0 Å². The minimum atomic E-state index is -3.18. The molecule has 0 aromatic heterocycles. The third-order valence-electron chi connectivity index (χ3n) is 4.33. The summed E-state index contributed by atoms with van der Waals surface area (Å²) in [5, 5.41) is 3.72. The van der Waals surface area contributed by atoms with Crippen LogP contribution in [0.3, 0.4) is 0 Å². The van der Waals surface area contributed by atoms with Gasteiger partial charge in [0, 0.05) is 36.8 Å². The van der Waals surface area contributed by atoms with E-state index in [4.69, 9.17) is 11.6 Å². The van der Waals surface area contributed by atoms with Gasteiger partial charge in [-0.2, -0.15) is 0 Å². The normalized spacial score (nSPS) is 15.2. The maximum absolute atomic E-state index is 14.5. The molecule has 0 aliphatic carbocycles. The molecule has 0 spiro atoms. The summed E-state index contributed by atoms with van der Waals surface area (Å²) in [4.78, 5) is 13.6. The molecule has 1 N–H and O–H groups in total. The van der Waals surface area contributed by atoms with Crippen LogP contribution in [0.15, 0.2) is 48.5 Å². The van der Waals surface area contributed by atoms with Gasteiger partial charge in [0.05, 0.1) is 6.42 Å². The molecule has 1 saturated heterocycles. The van der Waals surface area contributed by atoms with Crippen LogP contribution < -0.4 is 5.32 Å². The zero-order valence-corrected chi connectivity index (χ0v) is 14.4. The number of nitrogens with one attached hydrogen (secondary N) is 1. The van der Waals surface area contributed by atoms with E-state index in [2.05, 4.69) is 5.32 Å². The molecular formula is C19H19ClF2N2O. The van der Waals surface area contributed by atoms with E-state index in [1.165, 1.54) is 17.0 Å². The summed E-state index contributed by atoms with van der Waals surface area (Å²) in [5.41, 5.74) is 1.58. The molecule has 1 aliphatic rings. The van der Waals surface area contributed by atoms with Gasteiger partial charge in [-0.25, -0.2) is 8.78 Å². The molecule has 6 heteroatoms. The van der Waals surface area contributed by atoms with E-state index >= 15 is 0 Å². The van der Waals surface area contributed by atoms with Gasteiger partial charge < -0.3 is 10.2 Å². The molecule has 1 aliphatic heterocycles. The third-order valence-corrected chi connectivity index (χ3v) is 4.58. The zero-order valence-electron chi connectivity index (χ0n) is 13.6. The van der Waals surface area contributed by atoms with Crippen LogP contribution in [0.5, 0.6) is 0 Å². The fourth-order valence-corrected chi connectivity index (χ4v) is 2.99. The average Bonchev–Trinajstić information content (AvgIpc) is 2.63. The predicted octanol–water partition coefficient (Wildman–Crippen LogP) is 3.92. The molecule has 1 amide bonds. The van der Waals surface area contributed by atoms with Crippen LogP contribution in [0.4, 0.5) is 8.78 Å². The van der Waals surface area contributed by atoms with Crippen LogP contribution in [-0.4, -0.2) is 37.0 Å². The number of halogens is 3. The van der Waals surface area contributed by atoms with Crippen molar-refractivity contribution in [2.45, 2.75) is 12.3 Å². The third kappa shape index (κ3) is 4.35. The Morgan fingerprint density at radius 2 is 1.52 bits per heavy atom. The molecule has 0 radical (unpaired) electrons. The molecule has 1 heterocycles. The maximum Gasteiger partial charge on any atom is 0.281 e. The van der Waals surface area contributed by atoms with Crippen LogP contribution in [0.2, 0.25) is 5.02 Å². The van der Waals surface area contributed by atoms with Crippen molar-refractivity contribution in [3.63, 3.8) is 0 Å². The fraction of sp³-hybridized carbons (Fsp3) is 0.316. The van der Waals surface area contributed by atoms with E-state index in [0.29, 0.717) is 31.2 Å². The smallest absolute Gasteiger partial charge is 0.281 e. The second-order valence-electron chi connectivity index (χ2n) is 6.10. The predicted molar refractivity (Wildman–Crippen MR) is 94.8 cm³/mol. The second kappa shape index (κ2) is 7.50. The first-order valence-corrected chi connectivity index (χ1v) is 8.56. The first-order valence-electron chi connectivity index (χ1n) is 8.18. The van der Waals surface area contributed by atoms with Crippen molar-refractivity contribution in [2.24, 2.45) is 0 Å². The topological polar surface area (TPSA) is 32.3 Å². The molecule has 3 nitrogen and oxygen atoms in total. The number of carbonyl (C=O) groups excluding carboxylic acids is 1. The number of carbonyl (C=O) groups is 1. The summed E-state index contributed by atoms with van der Waals surface area (Å²) >= 11 is 5.86. The highest BCUT2D eigenvalue weighted by Gasteiger charge is 2.36. The standard InChI is InChI=1S/C19H19ClF2N2O/c20-17-7-3-15(4-8-17)14-1-5-16(6-2-14)19(21,22)13-18(25)24-11-9-23-10-12-24/h1-8,23H,9-13H2. The molecule has 0 bridgehead atoms. The maximum atomic E-state index is 14.5. The molecule has 3 rings (SSSR count). The Morgan fingerprint density at radius 1 is 1.00 bits per heavy atom. The van der Waals surface area contributed by atoms with Crippen LogP contribution in [0, 0.1) is 0 Å². The van der Waals surface area contributed by atoms with E-state index in [1.54, 1.807) is 24.3 Å². The minimum absolute atomic E-state index is 0.145. The zero-order chi connectivity index (χ0) is 17.9. The summed E-state index contributed by atoms with van der Waals surface area (Å²) in [6.45, 7) is 2.25. The molecule has 1 fully saturated rings. The van der Waals surface area contributed by atoms with E-state index < -0.39 is 18.3 Å². The van der Waals surface area contributed by atoms with Crippen LogP contribution >= 0.6 is 11.6 Å². The van der Waals surface area contributed by atoms with Crippen LogP contribution in [0.25, 0.3) is 11.1 Å². The number of hydrogen-bond donors (Lipinski definition) is 1. The summed E-state index contributed by atoms with van der Waals surface area (Å²) in [7, 11) is 0. The number of amides is 1. The van der Waals surface area contributed by atoms with E-state index in [1.807, 2.05) is 12.1 Å². The average molecular weight is 365 g/mol. The van der Waals surface area contributed by atoms with Crippen LogP contribution in [0.1, 0.15) is 12.0 Å². The van der Waals surface area contributed by atoms with Gasteiger partial charge >= 0.3 is 0 Å².